The minimum Gasteiger partial charge on any atom is -0.333 e. The smallest absolute Gasteiger partial charge is 0.208 e. The maximum atomic E-state index is 11.0. The lowest BCUT2D eigenvalue weighted by Gasteiger charge is -2.00. The van der Waals surface area contributed by atoms with Crippen molar-refractivity contribution >= 4 is 21.1 Å². The summed E-state index contributed by atoms with van der Waals surface area (Å²) in [7, 11) is -3.12. The number of fused-ring (bicyclic) bond motifs is 1. The molecule has 0 spiro atoms. The predicted molar refractivity (Wildman–Crippen MR) is 72.0 cm³/mol. The van der Waals surface area contributed by atoms with Crippen LogP contribution < -0.4 is 4.72 Å². The molecule has 0 bridgehead atoms. The summed E-state index contributed by atoms with van der Waals surface area (Å²) < 4.78 is 26.6. The van der Waals surface area contributed by atoms with Crippen LogP contribution in [0.25, 0.3) is 11.0 Å². The van der Waals surface area contributed by atoms with Gasteiger partial charge >= 0.3 is 0 Å². The van der Waals surface area contributed by atoms with Gasteiger partial charge in [0.1, 0.15) is 5.65 Å². The molecule has 0 aliphatic heterocycles. The van der Waals surface area contributed by atoms with Gasteiger partial charge in [-0.3, -0.25) is 0 Å². The van der Waals surface area contributed by atoms with E-state index < -0.39 is 10.0 Å². The van der Waals surface area contributed by atoms with Crippen molar-refractivity contribution in [1.82, 2.24) is 14.3 Å². The van der Waals surface area contributed by atoms with Crippen LogP contribution in [0.3, 0.4) is 0 Å². The molecule has 2 rings (SSSR count). The summed E-state index contributed by atoms with van der Waals surface area (Å²) in [5.41, 5.74) is 2.07. The molecule has 0 unspecified atom stereocenters. The molecule has 0 fully saturated rings. The standard InChI is InChI=1S/C12H17N3O2S/c1-3-15-9-10(6-8-14-18(2,16)17)11-5-4-7-13-12(11)15/h4-5,7,9,14H,3,6,8H2,1-2H3. The number of nitrogens with one attached hydrogen (secondary N) is 1. The third kappa shape index (κ3) is 2.88. The van der Waals surface area contributed by atoms with Gasteiger partial charge in [-0.15, -0.1) is 0 Å². The van der Waals surface area contributed by atoms with Crippen molar-refractivity contribution in [3.8, 4) is 0 Å². The molecular formula is C12H17N3O2S. The first-order chi connectivity index (χ1) is 8.51. The molecule has 2 aromatic heterocycles. The third-order valence-electron chi connectivity index (χ3n) is 2.82. The van der Waals surface area contributed by atoms with Gasteiger partial charge in [0.15, 0.2) is 0 Å². The van der Waals surface area contributed by atoms with Crippen molar-refractivity contribution in [2.24, 2.45) is 0 Å². The van der Waals surface area contributed by atoms with Crippen molar-refractivity contribution in [3.63, 3.8) is 0 Å². The zero-order valence-corrected chi connectivity index (χ0v) is 11.4. The Hall–Kier alpha value is -1.40. The first-order valence-electron chi connectivity index (χ1n) is 5.88. The van der Waals surface area contributed by atoms with Gasteiger partial charge in [0, 0.05) is 30.9 Å². The van der Waals surface area contributed by atoms with Crippen LogP contribution in [0.2, 0.25) is 0 Å². The number of aryl methyl sites for hydroxylation is 1. The maximum Gasteiger partial charge on any atom is 0.208 e. The van der Waals surface area contributed by atoms with E-state index in [4.69, 9.17) is 0 Å². The van der Waals surface area contributed by atoms with Crippen molar-refractivity contribution in [2.75, 3.05) is 12.8 Å². The Morgan fingerprint density at radius 2 is 2.22 bits per heavy atom. The Morgan fingerprint density at radius 1 is 1.44 bits per heavy atom. The molecule has 0 aromatic carbocycles. The summed E-state index contributed by atoms with van der Waals surface area (Å²) in [4.78, 5) is 4.35. The molecular weight excluding hydrogens is 250 g/mol. The van der Waals surface area contributed by atoms with E-state index in [1.165, 1.54) is 6.26 Å². The molecule has 6 heteroatoms. The van der Waals surface area contributed by atoms with Crippen molar-refractivity contribution in [2.45, 2.75) is 19.9 Å². The Bertz CT molecular complexity index is 646. The second-order valence-corrected chi connectivity index (χ2v) is 6.06. The van der Waals surface area contributed by atoms with Gasteiger partial charge in [0.05, 0.1) is 6.26 Å². The second-order valence-electron chi connectivity index (χ2n) is 4.23. The zero-order chi connectivity index (χ0) is 13.2. The lowest BCUT2D eigenvalue weighted by atomic mass is 10.2. The molecule has 0 atom stereocenters. The molecule has 0 aliphatic carbocycles. The Balaban J connectivity index is 2.23. The molecule has 0 radical (unpaired) electrons. The summed E-state index contributed by atoms with van der Waals surface area (Å²) in [6, 6.07) is 3.92. The van der Waals surface area contributed by atoms with E-state index in [1.54, 1.807) is 6.20 Å². The average Bonchev–Trinajstić information content (AvgIpc) is 2.66. The topological polar surface area (TPSA) is 64.0 Å². The summed E-state index contributed by atoms with van der Waals surface area (Å²) in [6.45, 7) is 3.33. The van der Waals surface area contributed by atoms with E-state index >= 15 is 0 Å². The van der Waals surface area contributed by atoms with E-state index in [0.29, 0.717) is 13.0 Å². The van der Waals surface area contributed by atoms with Crippen LogP contribution in [0.5, 0.6) is 0 Å². The predicted octanol–water partition coefficient (Wildman–Crippen LogP) is 1.15. The number of hydrogen-bond donors (Lipinski definition) is 1. The van der Waals surface area contributed by atoms with Crippen LogP contribution in [0.1, 0.15) is 12.5 Å². The molecule has 1 N–H and O–H groups in total. The van der Waals surface area contributed by atoms with Crippen LogP contribution in [0, 0.1) is 0 Å². The largest absolute Gasteiger partial charge is 0.333 e. The fourth-order valence-corrected chi connectivity index (χ4v) is 2.48. The number of pyridine rings is 1. The molecule has 0 aliphatic rings. The molecule has 0 saturated carbocycles. The van der Waals surface area contributed by atoms with Crippen LogP contribution in [0.4, 0.5) is 0 Å². The summed E-state index contributed by atoms with van der Waals surface area (Å²) in [5, 5.41) is 1.09. The van der Waals surface area contributed by atoms with Crippen LogP contribution in [-0.2, 0) is 23.0 Å². The summed E-state index contributed by atoms with van der Waals surface area (Å²) in [6.07, 6.45) is 5.65. The molecule has 0 amide bonds. The minimum atomic E-state index is -3.12. The van der Waals surface area contributed by atoms with Gasteiger partial charge in [0.25, 0.3) is 0 Å². The minimum absolute atomic E-state index is 0.413. The van der Waals surface area contributed by atoms with Crippen LogP contribution in [-0.4, -0.2) is 30.8 Å². The van der Waals surface area contributed by atoms with Crippen molar-refractivity contribution in [1.29, 1.82) is 0 Å². The molecule has 2 heterocycles. The monoisotopic (exact) mass is 267 g/mol. The van der Waals surface area contributed by atoms with E-state index in [0.717, 1.165) is 23.1 Å². The summed E-state index contributed by atoms with van der Waals surface area (Å²) in [5.74, 6) is 0. The summed E-state index contributed by atoms with van der Waals surface area (Å²) >= 11 is 0. The lowest BCUT2D eigenvalue weighted by molar-refractivity contribution is 0.588. The number of aromatic nitrogens is 2. The van der Waals surface area contributed by atoms with Crippen molar-refractivity contribution < 1.29 is 8.42 Å². The maximum absolute atomic E-state index is 11.0. The van der Waals surface area contributed by atoms with E-state index in [-0.39, 0.29) is 0 Å². The fraction of sp³-hybridized carbons (Fsp3) is 0.417. The first-order valence-corrected chi connectivity index (χ1v) is 7.78. The highest BCUT2D eigenvalue weighted by Crippen LogP contribution is 2.19. The Morgan fingerprint density at radius 3 is 2.89 bits per heavy atom. The SMILES string of the molecule is CCn1cc(CCNS(C)(=O)=O)c2cccnc21. The highest BCUT2D eigenvalue weighted by Gasteiger charge is 2.08. The highest BCUT2D eigenvalue weighted by atomic mass is 32.2. The van der Waals surface area contributed by atoms with Gasteiger partial charge in [-0.1, -0.05) is 0 Å². The zero-order valence-electron chi connectivity index (χ0n) is 10.5. The van der Waals surface area contributed by atoms with Gasteiger partial charge in [-0.05, 0) is 31.0 Å². The van der Waals surface area contributed by atoms with Gasteiger partial charge in [0.2, 0.25) is 10.0 Å². The second kappa shape index (κ2) is 5.07. The Labute approximate surface area is 107 Å². The Kier molecular flexibility index (Phi) is 3.68. The quantitative estimate of drug-likeness (QED) is 0.883. The van der Waals surface area contributed by atoms with Gasteiger partial charge < -0.3 is 4.57 Å². The molecule has 5 nitrogen and oxygen atoms in total. The normalized spacial score (nSPS) is 12.1. The number of rotatable bonds is 5. The van der Waals surface area contributed by atoms with Gasteiger partial charge in [-0.25, -0.2) is 18.1 Å². The van der Waals surface area contributed by atoms with Crippen LogP contribution >= 0.6 is 0 Å². The fourth-order valence-electron chi connectivity index (χ4n) is 2.01. The third-order valence-corrected chi connectivity index (χ3v) is 3.54. The molecule has 0 saturated heterocycles. The lowest BCUT2D eigenvalue weighted by Crippen LogP contribution is -2.24. The van der Waals surface area contributed by atoms with Crippen LogP contribution in [0.15, 0.2) is 24.5 Å². The van der Waals surface area contributed by atoms with E-state index in [9.17, 15) is 8.42 Å². The number of hydrogen-bond acceptors (Lipinski definition) is 3. The highest BCUT2D eigenvalue weighted by molar-refractivity contribution is 7.88. The molecule has 18 heavy (non-hydrogen) atoms. The van der Waals surface area contributed by atoms with E-state index in [2.05, 4.69) is 21.2 Å². The number of sulfonamides is 1. The molecule has 2 aromatic rings. The average molecular weight is 267 g/mol. The molecule has 98 valence electrons. The first kappa shape index (κ1) is 13.0. The van der Waals surface area contributed by atoms with Crippen molar-refractivity contribution in [3.05, 3.63) is 30.1 Å². The van der Waals surface area contributed by atoms with Gasteiger partial charge in [-0.2, -0.15) is 0 Å². The van der Waals surface area contributed by atoms with E-state index in [1.807, 2.05) is 18.3 Å². The number of nitrogens with zero attached hydrogens (tertiary/aromatic N) is 2.